The van der Waals surface area contributed by atoms with E-state index in [1.54, 1.807) is 0 Å². The van der Waals surface area contributed by atoms with Crippen LogP contribution in [-0.4, -0.2) is 41.5 Å². The first-order valence-corrected chi connectivity index (χ1v) is 11.5. The largest absolute Gasteiger partial charge is 0.358 e. The Morgan fingerprint density at radius 3 is 2.89 bits per heavy atom. The number of hydrogen-bond donors (Lipinski definition) is 2. The number of piperidine rings is 2. The van der Waals surface area contributed by atoms with Crippen molar-refractivity contribution >= 4 is 16.8 Å². The maximum absolute atomic E-state index is 12.9. The number of rotatable bonds is 3. The molecule has 0 bridgehead atoms. The third kappa shape index (κ3) is 3.47. The van der Waals surface area contributed by atoms with Crippen molar-refractivity contribution in [3.05, 3.63) is 35.0 Å². The van der Waals surface area contributed by atoms with Crippen LogP contribution in [0.25, 0.3) is 10.9 Å². The highest BCUT2D eigenvalue weighted by Crippen LogP contribution is 2.31. The summed E-state index contributed by atoms with van der Waals surface area (Å²) in [7, 11) is 0. The summed E-state index contributed by atoms with van der Waals surface area (Å²) in [6.45, 7) is 3.33. The van der Waals surface area contributed by atoms with Gasteiger partial charge in [-0.1, -0.05) is 12.8 Å². The number of hydrogen-bond acceptors (Lipinski definition) is 2. The molecule has 4 nitrogen and oxygen atoms in total. The number of amides is 1. The number of benzene rings is 1. The van der Waals surface area contributed by atoms with Gasteiger partial charge in [-0.25, -0.2) is 0 Å². The Bertz CT molecular complexity index is 853. The fourth-order valence-corrected chi connectivity index (χ4v) is 5.87. The van der Waals surface area contributed by atoms with Crippen molar-refractivity contribution in [1.82, 2.24) is 15.2 Å². The Kier molecular flexibility index (Phi) is 5.15. The van der Waals surface area contributed by atoms with Crippen molar-refractivity contribution in [2.45, 2.75) is 70.3 Å². The van der Waals surface area contributed by atoms with E-state index in [2.05, 4.69) is 27.3 Å². The molecule has 2 saturated heterocycles. The molecule has 3 aliphatic rings. The second-order valence-corrected chi connectivity index (χ2v) is 9.11. The number of carbonyl (C=O) groups excluding carboxylic acids is 1. The SMILES string of the molecule is O=C(NCC1CCCN2CCCCC12)c1ccc2[nH]c3c(c2c1)CCCCC3. The first-order chi connectivity index (χ1) is 13.8. The quantitative estimate of drug-likeness (QED) is 0.775. The summed E-state index contributed by atoms with van der Waals surface area (Å²) in [6.07, 6.45) is 12.7. The van der Waals surface area contributed by atoms with Crippen LogP contribution >= 0.6 is 0 Å². The summed E-state index contributed by atoms with van der Waals surface area (Å²) in [5.41, 5.74) is 4.85. The molecule has 1 aromatic heterocycles. The lowest BCUT2D eigenvalue weighted by Crippen LogP contribution is -2.51. The van der Waals surface area contributed by atoms with Crippen molar-refractivity contribution in [2.24, 2.45) is 5.92 Å². The summed E-state index contributed by atoms with van der Waals surface area (Å²) in [5.74, 6) is 0.712. The van der Waals surface area contributed by atoms with E-state index in [0.717, 1.165) is 24.9 Å². The van der Waals surface area contributed by atoms with Gasteiger partial charge in [0.25, 0.3) is 5.91 Å². The first-order valence-electron chi connectivity index (χ1n) is 11.5. The third-order valence-corrected chi connectivity index (χ3v) is 7.36. The molecule has 0 saturated carbocycles. The standard InChI is InChI=1S/C24H33N3O/c28-24(25-16-18-7-6-14-27-13-5-4-10-23(18)27)17-11-12-22-20(15-17)19-8-2-1-3-9-21(19)26-22/h11-12,15,18,23,26H,1-10,13-14,16H2,(H,25,28). The number of carbonyl (C=O) groups is 1. The zero-order valence-corrected chi connectivity index (χ0v) is 16.9. The van der Waals surface area contributed by atoms with Gasteiger partial charge in [-0.2, -0.15) is 0 Å². The average Bonchev–Trinajstić information content (AvgIpc) is 2.91. The first kappa shape index (κ1) is 18.2. The molecular formula is C24H33N3O. The van der Waals surface area contributed by atoms with Gasteiger partial charge in [-0.3, -0.25) is 4.79 Å². The molecule has 1 aromatic carbocycles. The lowest BCUT2D eigenvalue weighted by molar-refractivity contribution is 0.0575. The van der Waals surface area contributed by atoms with Gasteiger partial charge in [0.1, 0.15) is 0 Å². The zero-order chi connectivity index (χ0) is 18.9. The van der Waals surface area contributed by atoms with Crippen molar-refractivity contribution in [2.75, 3.05) is 19.6 Å². The molecule has 2 N–H and O–H groups in total. The van der Waals surface area contributed by atoms with Crippen molar-refractivity contribution in [1.29, 1.82) is 0 Å². The lowest BCUT2D eigenvalue weighted by atomic mass is 9.83. The van der Waals surface area contributed by atoms with Gasteiger partial charge in [0.05, 0.1) is 0 Å². The minimum atomic E-state index is 0.0957. The molecule has 2 atom stereocenters. The van der Waals surface area contributed by atoms with Crippen LogP contribution < -0.4 is 5.32 Å². The second-order valence-electron chi connectivity index (χ2n) is 9.11. The van der Waals surface area contributed by atoms with E-state index >= 15 is 0 Å². The Morgan fingerprint density at radius 2 is 1.93 bits per heavy atom. The molecule has 1 aliphatic carbocycles. The van der Waals surface area contributed by atoms with Gasteiger partial charge in [0, 0.05) is 34.7 Å². The van der Waals surface area contributed by atoms with Gasteiger partial charge in [0.2, 0.25) is 0 Å². The number of aromatic nitrogens is 1. The Morgan fingerprint density at radius 1 is 1.04 bits per heavy atom. The number of H-pyrrole nitrogens is 1. The highest BCUT2D eigenvalue weighted by atomic mass is 16.1. The molecule has 2 fully saturated rings. The molecule has 5 rings (SSSR count). The molecule has 4 heteroatoms. The summed E-state index contributed by atoms with van der Waals surface area (Å²) in [5, 5.41) is 4.54. The van der Waals surface area contributed by atoms with Crippen LogP contribution in [0.3, 0.4) is 0 Å². The Hall–Kier alpha value is -1.81. The Balaban J connectivity index is 1.30. The van der Waals surface area contributed by atoms with Crippen LogP contribution in [0, 0.1) is 5.92 Å². The fraction of sp³-hybridized carbons (Fsp3) is 0.625. The smallest absolute Gasteiger partial charge is 0.251 e. The maximum Gasteiger partial charge on any atom is 0.251 e. The van der Waals surface area contributed by atoms with Crippen LogP contribution in [0.2, 0.25) is 0 Å². The molecule has 28 heavy (non-hydrogen) atoms. The molecule has 2 aliphatic heterocycles. The van der Waals surface area contributed by atoms with Gasteiger partial charge in [0.15, 0.2) is 0 Å². The van der Waals surface area contributed by atoms with Gasteiger partial charge < -0.3 is 15.2 Å². The van der Waals surface area contributed by atoms with Crippen LogP contribution in [0.1, 0.15) is 73.0 Å². The summed E-state index contributed by atoms with van der Waals surface area (Å²) >= 11 is 0. The van der Waals surface area contributed by atoms with Crippen molar-refractivity contribution < 1.29 is 4.79 Å². The minimum Gasteiger partial charge on any atom is -0.358 e. The number of nitrogens with one attached hydrogen (secondary N) is 2. The number of aromatic amines is 1. The third-order valence-electron chi connectivity index (χ3n) is 7.36. The van der Waals surface area contributed by atoms with Crippen LogP contribution in [0.15, 0.2) is 18.2 Å². The van der Waals surface area contributed by atoms with Crippen LogP contribution in [0.4, 0.5) is 0 Å². The molecule has 3 heterocycles. The van der Waals surface area contributed by atoms with Gasteiger partial charge in [-0.15, -0.1) is 0 Å². The predicted octanol–water partition coefficient (Wildman–Crippen LogP) is 4.43. The van der Waals surface area contributed by atoms with Crippen LogP contribution in [0.5, 0.6) is 0 Å². The minimum absolute atomic E-state index is 0.0957. The van der Waals surface area contributed by atoms with Gasteiger partial charge >= 0.3 is 0 Å². The highest BCUT2D eigenvalue weighted by Gasteiger charge is 2.33. The fourth-order valence-electron chi connectivity index (χ4n) is 5.87. The summed E-state index contributed by atoms with van der Waals surface area (Å²) in [6, 6.07) is 6.90. The molecule has 1 amide bonds. The van der Waals surface area contributed by atoms with E-state index in [4.69, 9.17) is 0 Å². The topological polar surface area (TPSA) is 48.1 Å². The molecule has 0 spiro atoms. The van der Waals surface area contributed by atoms with Crippen molar-refractivity contribution in [3.8, 4) is 0 Å². The van der Waals surface area contributed by atoms with E-state index in [1.807, 2.05) is 6.07 Å². The van der Waals surface area contributed by atoms with E-state index in [-0.39, 0.29) is 5.91 Å². The van der Waals surface area contributed by atoms with E-state index in [9.17, 15) is 4.79 Å². The van der Waals surface area contributed by atoms with E-state index < -0.39 is 0 Å². The zero-order valence-electron chi connectivity index (χ0n) is 16.9. The van der Waals surface area contributed by atoms with E-state index in [1.165, 1.54) is 86.6 Å². The lowest BCUT2D eigenvalue weighted by Gasteiger charge is -2.44. The molecular weight excluding hydrogens is 346 g/mol. The molecule has 2 aromatic rings. The molecule has 150 valence electrons. The maximum atomic E-state index is 12.9. The number of aryl methyl sites for hydroxylation is 2. The van der Waals surface area contributed by atoms with Crippen LogP contribution in [-0.2, 0) is 12.8 Å². The molecule has 0 radical (unpaired) electrons. The predicted molar refractivity (Wildman–Crippen MR) is 114 cm³/mol. The number of fused-ring (bicyclic) bond motifs is 4. The number of nitrogens with zero attached hydrogens (tertiary/aromatic N) is 1. The Labute approximate surface area is 168 Å². The van der Waals surface area contributed by atoms with Crippen molar-refractivity contribution in [3.63, 3.8) is 0 Å². The normalized spacial score (nSPS) is 25.7. The van der Waals surface area contributed by atoms with Gasteiger partial charge in [-0.05, 0) is 94.1 Å². The summed E-state index contributed by atoms with van der Waals surface area (Å²) < 4.78 is 0. The molecule has 2 unspecified atom stereocenters. The second kappa shape index (κ2) is 7.90. The monoisotopic (exact) mass is 379 g/mol. The summed E-state index contributed by atoms with van der Waals surface area (Å²) in [4.78, 5) is 19.2. The average molecular weight is 380 g/mol. The highest BCUT2D eigenvalue weighted by molar-refractivity contribution is 5.99. The van der Waals surface area contributed by atoms with E-state index in [0.29, 0.717) is 12.0 Å².